The second-order valence-corrected chi connectivity index (χ2v) is 5.25. The Bertz CT molecular complexity index is 540. The van der Waals surface area contributed by atoms with Gasteiger partial charge < -0.3 is 9.63 Å². The molecule has 2 aromatic rings. The van der Waals surface area contributed by atoms with Gasteiger partial charge in [0.05, 0.1) is 6.54 Å². The van der Waals surface area contributed by atoms with Gasteiger partial charge in [0.15, 0.2) is 5.82 Å². The molecule has 3 heterocycles. The van der Waals surface area contributed by atoms with Crippen LogP contribution in [0.4, 0.5) is 0 Å². The zero-order valence-electron chi connectivity index (χ0n) is 11.4. The lowest BCUT2D eigenvalue weighted by Gasteiger charge is -2.36. The molecule has 8 heteroatoms. The molecule has 0 spiro atoms. The molecule has 1 saturated heterocycles. The van der Waals surface area contributed by atoms with Crippen LogP contribution in [0.25, 0.3) is 11.6 Å². The topological polar surface area (TPSA) is 104 Å². The van der Waals surface area contributed by atoms with E-state index in [-0.39, 0.29) is 6.61 Å². The number of aromatic nitrogens is 5. The monoisotopic (exact) mass is 278 g/mol. The van der Waals surface area contributed by atoms with Crippen molar-refractivity contribution in [1.82, 2.24) is 30.2 Å². The lowest BCUT2D eigenvalue weighted by molar-refractivity contribution is 0.0687. The molecule has 3 rings (SSSR count). The predicted molar refractivity (Wildman–Crippen MR) is 69.4 cm³/mol. The minimum absolute atomic E-state index is 0.233. The first-order chi connectivity index (χ1) is 9.76. The molecule has 0 bridgehead atoms. The number of piperidine rings is 1. The van der Waals surface area contributed by atoms with Crippen molar-refractivity contribution in [3.63, 3.8) is 0 Å². The summed E-state index contributed by atoms with van der Waals surface area (Å²) in [5, 5.41) is 19.6. The number of hydrogen-bond acceptors (Lipinski definition) is 7. The maximum absolute atomic E-state index is 9.29. The maximum atomic E-state index is 9.29. The number of aliphatic hydroxyl groups is 1. The second kappa shape index (κ2) is 5.68. The number of aromatic amines is 1. The summed E-state index contributed by atoms with van der Waals surface area (Å²) in [4.78, 5) is 10.6. The van der Waals surface area contributed by atoms with Crippen LogP contribution in [0.1, 0.15) is 25.7 Å². The smallest absolute Gasteiger partial charge is 0.241 e. The number of likely N-dealkylation sites (tertiary alicyclic amines) is 1. The molecule has 20 heavy (non-hydrogen) atoms. The van der Waals surface area contributed by atoms with E-state index < -0.39 is 0 Å². The minimum atomic E-state index is 0.233. The Hall–Kier alpha value is -1.80. The summed E-state index contributed by atoms with van der Waals surface area (Å²) in [6, 6.07) is 0.457. The van der Waals surface area contributed by atoms with E-state index in [1.807, 2.05) is 0 Å². The van der Waals surface area contributed by atoms with Crippen molar-refractivity contribution in [1.29, 1.82) is 0 Å². The molecule has 2 unspecified atom stereocenters. The van der Waals surface area contributed by atoms with Gasteiger partial charge in [-0.05, 0) is 25.7 Å². The van der Waals surface area contributed by atoms with E-state index in [9.17, 15) is 5.11 Å². The van der Waals surface area contributed by atoms with Crippen LogP contribution in [-0.2, 0) is 6.54 Å². The largest absolute Gasteiger partial charge is 0.396 e. The lowest BCUT2D eigenvalue weighted by atomic mass is 9.94. The molecule has 2 aromatic heterocycles. The Morgan fingerprint density at radius 1 is 1.50 bits per heavy atom. The highest BCUT2D eigenvalue weighted by Gasteiger charge is 2.26. The van der Waals surface area contributed by atoms with E-state index in [4.69, 9.17) is 4.52 Å². The third kappa shape index (κ3) is 2.70. The van der Waals surface area contributed by atoms with Crippen molar-refractivity contribution in [2.75, 3.05) is 13.2 Å². The standard InChI is InChI=1S/C12H18N6O2/c1-8-2-3-9(6-19)4-18(8)5-10-15-12(17-20-10)11-13-7-14-16-11/h7-9,19H,2-6H2,1H3,(H,13,14,16). The average Bonchev–Trinajstić information content (AvgIpc) is 3.12. The van der Waals surface area contributed by atoms with Gasteiger partial charge in [0.2, 0.25) is 11.7 Å². The van der Waals surface area contributed by atoms with Gasteiger partial charge in [0, 0.05) is 19.2 Å². The fourth-order valence-electron chi connectivity index (χ4n) is 2.53. The van der Waals surface area contributed by atoms with E-state index in [0.717, 1.165) is 19.4 Å². The zero-order valence-corrected chi connectivity index (χ0v) is 11.4. The zero-order chi connectivity index (χ0) is 13.9. The van der Waals surface area contributed by atoms with Gasteiger partial charge >= 0.3 is 0 Å². The average molecular weight is 278 g/mol. The number of aliphatic hydroxyl groups excluding tert-OH is 1. The van der Waals surface area contributed by atoms with Crippen LogP contribution in [0, 0.1) is 5.92 Å². The molecule has 8 nitrogen and oxygen atoms in total. The molecular formula is C12H18N6O2. The quantitative estimate of drug-likeness (QED) is 0.836. The normalized spacial score (nSPS) is 24.1. The number of rotatable bonds is 4. The third-order valence-electron chi connectivity index (χ3n) is 3.80. The predicted octanol–water partition coefficient (Wildman–Crippen LogP) is 0.447. The summed E-state index contributed by atoms with van der Waals surface area (Å²) >= 11 is 0. The van der Waals surface area contributed by atoms with Crippen molar-refractivity contribution in [2.24, 2.45) is 5.92 Å². The lowest BCUT2D eigenvalue weighted by Crippen LogP contribution is -2.42. The van der Waals surface area contributed by atoms with Gasteiger partial charge in [-0.2, -0.15) is 10.1 Å². The SMILES string of the molecule is CC1CCC(CO)CN1Cc1nc(-c2ncn[nH]2)no1. The van der Waals surface area contributed by atoms with Gasteiger partial charge in [-0.1, -0.05) is 5.16 Å². The Balaban J connectivity index is 1.68. The van der Waals surface area contributed by atoms with Gasteiger partial charge in [-0.15, -0.1) is 0 Å². The Morgan fingerprint density at radius 2 is 2.40 bits per heavy atom. The van der Waals surface area contributed by atoms with Crippen LogP contribution < -0.4 is 0 Å². The Kier molecular flexibility index (Phi) is 3.75. The highest BCUT2D eigenvalue weighted by atomic mass is 16.5. The van der Waals surface area contributed by atoms with Crippen molar-refractivity contribution in [3.8, 4) is 11.6 Å². The summed E-state index contributed by atoms with van der Waals surface area (Å²) in [5.74, 6) is 1.81. The highest BCUT2D eigenvalue weighted by Crippen LogP contribution is 2.23. The molecule has 108 valence electrons. The van der Waals surface area contributed by atoms with Gasteiger partial charge in [0.25, 0.3) is 0 Å². The van der Waals surface area contributed by atoms with Crippen LogP contribution in [0.3, 0.4) is 0 Å². The fraction of sp³-hybridized carbons (Fsp3) is 0.667. The van der Waals surface area contributed by atoms with Crippen LogP contribution in [-0.4, -0.2) is 54.5 Å². The first kappa shape index (κ1) is 13.2. The Morgan fingerprint density at radius 3 is 3.15 bits per heavy atom. The molecule has 0 radical (unpaired) electrons. The van der Waals surface area contributed by atoms with Crippen molar-refractivity contribution >= 4 is 0 Å². The van der Waals surface area contributed by atoms with Crippen molar-refractivity contribution in [2.45, 2.75) is 32.4 Å². The summed E-state index contributed by atoms with van der Waals surface area (Å²) in [7, 11) is 0. The molecule has 2 atom stereocenters. The van der Waals surface area contributed by atoms with Gasteiger partial charge in [-0.25, -0.2) is 4.98 Å². The van der Waals surface area contributed by atoms with E-state index in [1.165, 1.54) is 6.33 Å². The second-order valence-electron chi connectivity index (χ2n) is 5.25. The Labute approximate surface area is 116 Å². The summed E-state index contributed by atoms with van der Waals surface area (Å²) in [6.07, 6.45) is 3.56. The molecule has 1 fully saturated rings. The van der Waals surface area contributed by atoms with Crippen molar-refractivity contribution < 1.29 is 9.63 Å². The van der Waals surface area contributed by atoms with Crippen LogP contribution >= 0.6 is 0 Å². The van der Waals surface area contributed by atoms with Crippen LogP contribution in [0.2, 0.25) is 0 Å². The summed E-state index contributed by atoms with van der Waals surface area (Å²) in [6.45, 7) is 3.87. The van der Waals surface area contributed by atoms with E-state index in [1.54, 1.807) is 0 Å². The van der Waals surface area contributed by atoms with E-state index in [0.29, 0.717) is 36.0 Å². The van der Waals surface area contributed by atoms with E-state index >= 15 is 0 Å². The highest BCUT2D eigenvalue weighted by molar-refractivity contribution is 5.39. The first-order valence-corrected chi connectivity index (χ1v) is 6.79. The molecule has 1 aliphatic heterocycles. The molecule has 1 aliphatic rings. The van der Waals surface area contributed by atoms with Crippen LogP contribution in [0.15, 0.2) is 10.9 Å². The molecule has 0 aromatic carbocycles. The summed E-state index contributed by atoms with van der Waals surface area (Å²) < 4.78 is 5.26. The molecule has 0 saturated carbocycles. The van der Waals surface area contributed by atoms with E-state index in [2.05, 4.69) is 37.1 Å². The van der Waals surface area contributed by atoms with Gasteiger partial charge in [0.1, 0.15) is 6.33 Å². The molecule has 0 aliphatic carbocycles. The summed E-state index contributed by atoms with van der Waals surface area (Å²) in [5.41, 5.74) is 0. The van der Waals surface area contributed by atoms with Gasteiger partial charge in [-0.3, -0.25) is 10.00 Å². The first-order valence-electron chi connectivity index (χ1n) is 6.79. The molecular weight excluding hydrogens is 260 g/mol. The van der Waals surface area contributed by atoms with Crippen molar-refractivity contribution in [3.05, 3.63) is 12.2 Å². The maximum Gasteiger partial charge on any atom is 0.241 e. The third-order valence-corrected chi connectivity index (χ3v) is 3.80. The number of hydrogen-bond donors (Lipinski definition) is 2. The molecule has 2 N–H and O–H groups in total. The molecule has 0 amide bonds. The fourth-order valence-corrected chi connectivity index (χ4v) is 2.53. The number of nitrogens with one attached hydrogen (secondary N) is 1. The minimum Gasteiger partial charge on any atom is -0.396 e. The van der Waals surface area contributed by atoms with Crippen LogP contribution in [0.5, 0.6) is 0 Å². The number of nitrogens with zero attached hydrogens (tertiary/aromatic N) is 5. The number of H-pyrrole nitrogens is 1.